The van der Waals surface area contributed by atoms with Crippen LogP contribution in [0.25, 0.3) is 6.08 Å². The van der Waals surface area contributed by atoms with E-state index in [2.05, 4.69) is 0 Å². The number of nitrogens with zero attached hydrogens (tertiary/aromatic N) is 2. The fourth-order valence-electron chi connectivity index (χ4n) is 3.51. The number of carbonyl (C=O) groups is 3. The summed E-state index contributed by atoms with van der Waals surface area (Å²) in [6.45, 7) is 0. The molecule has 0 saturated carbocycles. The Morgan fingerprint density at radius 1 is 0.829 bits per heavy atom. The van der Waals surface area contributed by atoms with Crippen LogP contribution in [0.4, 0.5) is 11.4 Å². The maximum absolute atomic E-state index is 12.6. The molecule has 0 atom stereocenters. The minimum atomic E-state index is -1.09. The molecule has 0 saturated heterocycles. The SMILES string of the molecule is COc1cc(C=C2C(=O)c3ccccc3C2=O)ccc1OC(=O)c1cc([N+](=O)[O-])cc([N+](=O)[O-])c1. The molecule has 174 valence electrons. The number of ketones is 2. The zero-order valence-electron chi connectivity index (χ0n) is 17.9. The van der Waals surface area contributed by atoms with Crippen molar-refractivity contribution in [3.8, 4) is 11.5 Å². The number of nitro benzene ring substituents is 2. The molecule has 1 aliphatic rings. The fourth-order valence-corrected chi connectivity index (χ4v) is 3.51. The lowest BCUT2D eigenvalue weighted by Crippen LogP contribution is -2.10. The number of ether oxygens (including phenoxy) is 2. The molecule has 0 spiro atoms. The summed E-state index contributed by atoms with van der Waals surface area (Å²) in [5, 5.41) is 22.1. The number of hydrogen-bond acceptors (Lipinski definition) is 9. The summed E-state index contributed by atoms with van der Waals surface area (Å²) >= 11 is 0. The average molecular weight is 474 g/mol. The Labute approximate surface area is 196 Å². The Hall–Kier alpha value is -5.19. The molecule has 4 rings (SSSR count). The van der Waals surface area contributed by atoms with Gasteiger partial charge in [-0.3, -0.25) is 29.8 Å². The second-order valence-corrected chi connectivity index (χ2v) is 7.31. The molecule has 1 aliphatic carbocycles. The molecule has 0 aliphatic heterocycles. The van der Waals surface area contributed by atoms with Crippen LogP contribution >= 0.6 is 0 Å². The monoisotopic (exact) mass is 474 g/mol. The van der Waals surface area contributed by atoms with Crippen molar-refractivity contribution in [2.75, 3.05) is 7.11 Å². The van der Waals surface area contributed by atoms with E-state index in [0.29, 0.717) is 16.7 Å². The van der Waals surface area contributed by atoms with E-state index in [-0.39, 0.29) is 17.1 Å². The van der Waals surface area contributed by atoms with Crippen LogP contribution in [-0.4, -0.2) is 34.5 Å². The Balaban J connectivity index is 1.63. The number of esters is 1. The van der Waals surface area contributed by atoms with Crippen molar-refractivity contribution in [3.05, 3.63) is 109 Å². The quantitative estimate of drug-likeness (QED) is 0.128. The third-order valence-electron chi connectivity index (χ3n) is 5.17. The summed E-state index contributed by atoms with van der Waals surface area (Å²) in [6.07, 6.45) is 1.39. The van der Waals surface area contributed by atoms with Gasteiger partial charge in [0.25, 0.3) is 11.4 Å². The number of benzene rings is 3. The van der Waals surface area contributed by atoms with Crippen molar-refractivity contribution in [1.82, 2.24) is 0 Å². The third-order valence-corrected chi connectivity index (χ3v) is 5.17. The van der Waals surface area contributed by atoms with Crippen molar-refractivity contribution in [2.45, 2.75) is 0 Å². The number of allylic oxidation sites excluding steroid dienone is 1. The van der Waals surface area contributed by atoms with Gasteiger partial charge in [-0.15, -0.1) is 0 Å². The highest BCUT2D eigenvalue weighted by Gasteiger charge is 2.32. The number of rotatable bonds is 6. The molecule has 11 heteroatoms. The number of non-ortho nitro benzene ring substituents is 2. The molecule has 0 unspecified atom stereocenters. The number of hydrogen-bond donors (Lipinski definition) is 0. The van der Waals surface area contributed by atoms with Crippen LogP contribution in [0.3, 0.4) is 0 Å². The molecular weight excluding hydrogens is 460 g/mol. The van der Waals surface area contributed by atoms with E-state index >= 15 is 0 Å². The van der Waals surface area contributed by atoms with E-state index in [1.165, 1.54) is 31.4 Å². The highest BCUT2D eigenvalue weighted by Crippen LogP contribution is 2.33. The fraction of sp³-hybridized carbons (Fsp3) is 0.0417. The Morgan fingerprint density at radius 3 is 1.91 bits per heavy atom. The third kappa shape index (κ3) is 4.37. The van der Waals surface area contributed by atoms with Gasteiger partial charge in [-0.1, -0.05) is 30.3 Å². The van der Waals surface area contributed by atoms with E-state index in [4.69, 9.17) is 9.47 Å². The predicted octanol–water partition coefficient (Wildman–Crippen LogP) is 4.19. The first-order valence-corrected chi connectivity index (χ1v) is 9.94. The van der Waals surface area contributed by atoms with Crippen molar-refractivity contribution < 1.29 is 33.7 Å². The number of Topliss-reactive ketones (excluding diaryl/α,β-unsaturated/α-hetero) is 2. The molecule has 35 heavy (non-hydrogen) atoms. The topological polar surface area (TPSA) is 156 Å². The Kier molecular flexibility index (Phi) is 5.90. The summed E-state index contributed by atoms with van der Waals surface area (Å²) in [6, 6.07) is 13.1. The zero-order chi connectivity index (χ0) is 25.3. The van der Waals surface area contributed by atoms with Gasteiger partial charge in [0.05, 0.1) is 34.2 Å². The van der Waals surface area contributed by atoms with E-state index < -0.39 is 44.3 Å². The number of methoxy groups -OCH3 is 1. The smallest absolute Gasteiger partial charge is 0.344 e. The summed E-state index contributed by atoms with van der Waals surface area (Å²) in [5.74, 6) is -1.93. The highest BCUT2D eigenvalue weighted by atomic mass is 16.6. The van der Waals surface area contributed by atoms with Gasteiger partial charge in [0.2, 0.25) is 0 Å². The second-order valence-electron chi connectivity index (χ2n) is 7.31. The van der Waals surface area contributed by atoms with Gasteiger partial charge in [0, 0.05) is 23.3 Å². The minimum Gasteiger partial charge on any atom is -0.493 e. The van der Waals surface area contributed by atoms with Crippen LogP contribution in [0, 0.1) is 20.2 Å². The normalized spacial score (nSPS) is 12.2. The van der Waals surface area contributed by atoms with Gasteiger partial charge >= 0.3 is 5.97 Å². The maximum Gasteiger partial charge on any atom is 0.344 e. The van der Waals surface area contributed by atoms with E-state index in [1.807, 2.05) is 0 Å². The van der Waals surface area contributed by atoms with Crippen LogP contribution in [0.2, 0.25) is 0 Å². The van der Waals surface area contributed by atoms with Crippen molar-refractivity contribution in [2.24, 2.45) is 0 Å². The van der Waals surface area contributed by atoms with Crippen molar-refractivity contribution in [1.29, 1.82) is 0 Å². The lowest BCUT2D eigenvalue weighted by molar-refractivity contribution is -0.394. The van der Waals surface area contributed by atoms with E-state index in [0.717, 1.165) is 18.2 Å². The van der Waals surface area contributed by atoms with Crippen LogP contribution in [-0.2, 0) is 0 Å². The number of fused-ring (bicyclic) bond motifs is 1. The summed E-state index contributed by atoms with van der Waals surface area (Å²) in [5.41, 5.74) is -0.684. The van der Waals surface area contributed by atoms with Gasteiger partial charge in [-0.25, -0.2) is 4.79 Å². The molecule has 0 N–H and O–H groups in total. The van der Waals surface area contributed by atoms with Gasteiger partial charge in [0.15, 0.2) is 23.1 Å². The lowest BCUT2D eigenvalue weighted by atomic mass is 10.1. The molecule has 3 aromatic rings. The minimum absolute atomic E-state index is 0.0260. The van der Waals surface area contributed by atoms with Gasteiger partial charge in [-0.2, -0.15) is 0 Å². The van der Waals surface area contributed by atoms with Crippen LogP contribution in [0.5, 0.6) is 11.5 Å². The molecular formula is C24H14N2O9. The second kappa shape index (κ2) is 8.98. The van der Waals surface area contributed by atoms with Gasteiger partial charge in [-0.05, 0) is 23.8 Å². The molecule has 0 heterocycles. The van der Waals surface area contributed by atoms with Gasteiger partial charge < -0.3 is 9.47 Å². The molecule has 0 amide bonds. The maximum atomic E-state index is 12.6. The average Bonchev–Trinajstić information content (AvgIpc) is 3.09. The summed E-state index contributed by atoms with van der Waals surface area (Å²) in [7, 11) is 1.30. The molecule has 0 radical (unpaired) electrons. The first-order valence-electron chi connectivity index (χ1n) is 9.94. The van der Waals surface area contributed by atoms with E-state index in [9.17, 15) is 34.6 Å². The van der Waals surface area contributed by atoms with Crippen LogP contribution < -0.4 is 9.47 Å². The predicted molar refractivity (Wildman–Crippen MR) is 121 cm³/mol. The highest BCUT2D eigenvalue weighted by molar-refractivity contribution is 6.41. The Morgan fingerprint density at radius 2 is 1.40 bits per heavy atom. The van der Waals surface area contributed by atoms with Crippen molar-refractivity contribution >= 4 is 35.0 Å². The molecule has 0 bridgehead atoms. The standard InChI is InChI=1S/C24H14N2O9/c1-34-21-9-13(8-19-22(27)17-4-2-3-5-18(17)23(19)28)6-7-20(21)35-24(29)14-10-15(25(30)31)12-16(11-14)26(32)33/h2-12H,1H3. The van der Waals surface area contributed by atoms with Crippen molar-refractivity contribution in [3.63, 3.8) is 0 Å². The zero-order valence-corrected chi connectivity index (χ0v) is 17.9. The van der Waals surface area contributed by atoms with Gasteiger partial charge in [0.1, 0.15) is 0 Å². The largest absolute Gasteiger partial charge is 0.493 e. The van der Waals surface area contributed by atoms with Crippen LogP contribution in [0.1, 0.15) is 36.6 Å². The summed E-state index contributed by atoms with van der Waals surface area (Å²) < 4.78 is 10.5. The molecule has 0 aromatic heterocycles. The lowest BCUT2D eigenvalue weighted by Gasteiger charge is -2.10. The number of carbonyl (C=O) groups excluding carboxylic acids is 3. The summed E-state index contributed by atoms with van der Waals surface area (Å²) in [4.78, 5) is 58.2. The molecule has 11 nitrogen and oxygen atoms in total. The first-order chi connectivity index (χ1) is 16.7. The molecule has 3 aromatic carbocycles. The molecule has 0 fully saturated rings. The van der Waals surface area contributed by atoms with Crippen LogP contribution in [0.15, 0.2) is 66.2 Å². The Bertz CT molecular complexity index is 1400. The van der Waals surface area contributed by atoms with E-state index in [1.54, 1.807) is 24.3 Å². The first kappa shape index (κ1) is 23.0. The number of nitro groups is 2.